The topological polar surface area (TPSA) is 81.5 Å². The minimum atomic E-state index is -0.609. The second kappa shape index (κ2) is 6.82. The number of hydrogen-bond acceptors (Lipinski definition) is 7. The van der Waals surface area contributed by atoms with Crippen LogP contribution < -0.4 is 14.9 Å². The molecule has 0 atom stereocenters. The molecule has 0 amide bonds. The molecule has 0 fully saturated rings. The summed E-state index contributed by atoms with van der Waals surface area (Å²) in [4.78, 5) is 16.6. The molecule has 2 aromatic carbocycles. The van der Waals surface area contributed by atoms with Crippen molar-refractivity contribution in [3.05, 3.63) is 54.1 Å². The fourth-order valence-electron chi connectivity index (χ4n) is 2.09. The second-order valence-corrected chi connectivity index (χ2v) is 4.85. The molecule has 1 aliphatic heterocycles. The first-order chi connectivity index (χ1) is 11.7. The predicted molar refractivity (Wildman–Crippen MR) is 89.7 cm³/mol. The van der Waals surface area contributed by atoms with Crippen LogP contribution in [0.15, 0.2) is 58.8 Å². The molecule has 0 aromatic heterocycles. The molecule has 24 heavy (non-hydrogen) atoms. The Hall–Kier alpha value is -3.35. The average molecular weight is 325 g/mol. The summed E-state index contributed by atoms with van der Waals surface area (Å²) in [7, 11) is 3.18. The third-order valence-corrected chi connectivity index (χ3v) is 3.39. The van der Waals surface area contributed by atoms with E-state index in [-0.39, 0.29) is 5.71 Å². The van der Waals surface area contributed by atoms with Crippen LogP contribution >= 0.6 is 0 Å². The van der Waals surface area contributed by atoms with Gasteiger partial charge in [-0.25, -0.2) is 4.79 Å². The third-order valence-electron chi connectivity index (χ3n) is 3.39. The first-order valence-corrected chi connectivity index (χ1v) is 7.13. The molecule has 2 aromatic rings. The van der Waals surface area contributed by atoms with Gasteiger partial charge >= 0.3 is 5.97 Å². The van der Waals surface area contributed by atoms with Crippen LogP contribution in [0.1, 0.15) is 5.56 Å². The standard InChI is InChI=1S/C17H15N3O4/c1-22-13-7-3-11(4-8-13)15-16(17(21)24-20-15)19-18-12-5-9-14(23-2)10-6-12/h3-10,18H,1-2H3/b19-16-. The molecule has 0 spiro atoms. The van der Waals surface area contributed by atoms with Crippen molar-refractivity contribution in [2.45, 2.75) is 0 Å². The SMILES string of the molecule is COc1ccc(N/N=C2\C(=O)ON=C2c2ccc(OC)cc2)cc1. The summed E-state index contributed by atoms with van der Waals surface area (Å²) in [5.74, 6) is 0.829. The van der Waals surface area contributed by atoms with E-state index in [9.17, 15) is 4.79 Å². The lowest BCUT2D eigenvalue weighted by Gasteiger charge is -2.04. The minimum Gasteiger partial charge on any atom is -0.497 e. The van der Waals surface area contributed by atoms with Gasteiger partial charge in [0.15, 0.2) is 0 Å². The minimum absolute atomic E-state index is 0.107. The van der Waals surface area contributed by atoms with E-state index >= 15 is 0 Å². The van der Waals surface area contributed by atoms with Gasteiger partial charge in [0.25, 0.3) is 0 Å². The zero-order valence-corrected chi connectivity index (χ0v) is 13.1. The number of nitrogens with one attached hydrogen (secondary N) is 1. The monoisotopic (exact) mass is 325 g/mol. The Morgan fingerprint density at radius 1 is 0.958 bits per heavy atom. The molecular formula is C17H15N3O4. The summed E-state index contributed by atoms with van der Waals surface area (Å²) in [5.41, 5.74) is 4.70. The van der Waals surface area contributed by atoms with E-state index in [2.05, 4.69) is 15.7 Å². The zero-order chi connectivity index (χ0) is 16.9. The summed E-state index contributed by atoms with van der Waals surface area (Å²) in [6, 6.07) is 14.2. The molecule has 1 N–H and O–H groups in total. The number of nitrogens with zero attached hydrogens (tertiary/aromatic N) is 2. The number of methoxy groups -OCH3 is 2. The third kappa shape index (κ3) is 3.19. The Morgan fingerprint density at radius 3 is 2.12 bits per heavy atom. The van der Waals surface area contributed by atoms with Crippen molar-refractivity contribution in [2.75, 3.05) is 19.6 Å². The van der Waals surface area contributed by atoms with E-state index in [1.165, 1.54) is 0 Å². The summed E-state index contributed by atoms with van der Waals surface area (Å²) < 4.78 is 10.2. The summed E-state index contributed by atoms with van der Waals surface area (Å²) in [5, 5.41) is 7.92. The van der Waals surface area contributed by atoms with E-state index in [0.29, 0.717) is 22.7 Å². The van der Waals surface area contributed by atoms with E-state index < -0.39 is 5.97 Å². The number of ether oxygens (including phenoxy) is 2. The average Bonchev–Trinajstić information content (AvgIpc) is 3.01. The van der Waals surface area contributed by atoms with Crippen LogP contribution in [0.25, 0.3) is 0 Å². The number of hydrogen-bond donors (Lipinski definition) is 1. The largest absolute Gasteiger partial charge is 0.497 e. The Bertz CT molecular complexity index is 796. The molecule has 0 aliphatic carbocycles. The molecule has 1 aliphatic rings. The molecular weight excluding hydrogens is 310 g/mol. The highest BCUT2D eigenvalue weighted by molar-refractivity contribution is 6.70. The van der Waals surface area contributed by atoms with Crippen LogP contribution in [0.4, 0.5) is 5.69 Å². The first kappa shape index (κ1) is 15.5. The number of anilines is 1. The number of hydrazone groups is 1. The molecule has 3 rings (SSSR count). The molecule has 0 bridgehead atoms. The van der Waals surface area contributed by atoms with Crippen LogP contribution in [0.2, 0.25) is 0 Å². The molecule has 122 valence electrons. The lowest BCUT2D eigenvalue weighted by atomic mass is 10.1. The van der Waals surface area contributed by atoms with E-state index in [4.69, 9.17) is 14.3 Å². The lowest BCUT2D eigenvalue weighted by molar-refractivity contribution is -0.134. The Balaban J connectivity index is 1.81. The van der Waals surface area contributed by atoms with Crippen LogP contribution in [0.3, 0.4) is 0 Å². The second-order valence-electron chi connectivity index (χ2n) is 4.85. The van der Waals surface area contributed by atoms with Gasteiger partial charge in [-0.05, 0) is 48.5 Å². The Morgan fingerprint density at radius 2 is 1.54 bits per heavy atom. The quantitative estimate of drug-likeness (QED) is 0.674. The van der Waals surface area contributed by atoms with Crippen molar-refractivity contribution in [1.82, 2.24) is 0 Å². The van der Waals surface area contributed by atoms with Crippen molar-refractivity contribution >= 4 is 23.1 Å². The highest BCUT2D eigenvalue weighted by Crippen LogP contribution is 2.17. The number of rotatable bonds is 5. The molecule has 0 saturated carbocycles. The molecule has 0 saturated heterocycles. The molecule has 7 heteroatoms. The zero-order valence-electron chi connectivity index (χ0n) is 13.1. The van der Waals surface area contributed by atoms with E-state index in [1.54, 1.807) is 62.8 Å². The van der Waals surface area contributed by atoms with Gasteiger partial charge in [-0.2, -0.15) is 5.10 Å². The Labute approximate surface area is 138 Å². The predicted octanol–water partition coefficient (Wildman–Crippen LogP) is 2.43. The van der Waals surface area contributed by atoms with Gasteiger partial charge in [0.05, 0.1) is 19.9 Å². The van der Waals surface area contributed by atoms with Gasteiger partial charge in [0, 0.05) is 5.56 Å². The van der Waals surface area contributed by atoms with Crippen molar-refractivity contribution in [1.29, 1.82) is 0 Å². The van der Waals surface area contributed by atoms with Crippen molar-refractivity contribution in [2.24, 2.45) is 10.3 Å². The molecule has 7 nitrogen and oxygen atoms in total. The van der Waals surface area contributed by atoms with Crippen LogP contribution in [0, 0.1) is 0 Å². The summed E-state index contributed by atoms with van der Waals surface area (Å²) in [6.07, 6.45) is 0. The fourth-order valence-corrected chi connectivity index (χ4v) is 2.09. The molecule has 0 unspecified atom stereocenters. The first-order valence-electron chi connectivity index (χ1n) is 7.13. The van der Waals surface area contributed by atoms with Gasteiger partial charge < -0.3 is 14.3 Å². The maximum atomic E-state index is 11.9. The van der Waals surface area contributed by atoms with Gasteiger partial charge in [0.2, 0.25) is 5.71 Å². The van der Waals surface area contributed by atoms with Gasteiger partial charge in [-0.3, -0.25) is 5.43 Å². The summed E-state index contributed by atoms with van der Waals surface area (Å²) >= 11 is 0. The van der Waals surface area contributed by atoms with Gasteiger partial charge in [0.1, 0.15) is 17.2 Å². The number of carbonyl (C=O) groups is 1. The normalized spacial score (nSPS) is 15.0. The van der Waals surface area contributed by atoms with Crippen molar-refractivity contribution in [3.8, 4) is 11.5 Å². The number of benzene rings is 2. The van der Waals surface area contributed by atoms with Crippen molar-refractivity contribution in [3.63, 3.8) is 0 Å². The maximum Gasteiger partial charge on any atom is 0.388 e. The fraction of sp³-hybridized carbons (Fsp3) is 0.118. The van der Waals surface area contributed by atoms with Crippen molar-refractivity contribution < 1.29 is 19.1 Å². The van der Waals surface area contributed by atoms with Crippen LogP contribution in [-0.2, 0) is 9.63 Å². The Kier molecular flexibility index (Phi) is 4.42. The van der Waals surface area contributed by atoms with Crippen LogP contribution in [-0.4, -0.2) is 31.6 Å². The van der Waals surface area contributed by atoms with E-state index in [1.807, 2.05) is 0 Å². The highest BCUT2D eigenvalue weighted by atomic mass is 16.7. The van der Waals surface area contributed by atoms with E-state index in [0.717, 1.165) is 5.75 Å². The maximum absolute atomic E-state index is 11.9. The highest BCUT2D eigenvalue weighted by Gasteiger charge is 2.29. The smallest absolute Gasteiger partial charge is 0.388 e. The summed E-state index contributed by atoms with van der Waals surface area (Å²) in [6.45, 7) is 0. The number of carbonyl (C=O) groups excluding carboxylic acids is 1. The number of oxime groups is 1. The molecule has 0 radical (unpaired) electrons. The van der Waals surface area contributed by atoms with Gasteiger partial charge in [-0.1, -0.05) is 5.16 Å². The lowest BCUT2D eigenvalue weighted by Crippen LogP contribution is -2.20. The van der Waals surface area contributed by atoms with Crippen LogP contribution in [0.5, 0.6) is 11.5 Å². The van der Waals surface area contributed by atoms with Gasteiger partial charge in [-0.15, -0.1) is 0 Å². The molecule has 1 heterocycles.